The Hall–Kier alpha value is -3.53. The molecule has 0 atom stereocenters. The Kier molecular flexibility index (Phi) is 5.09. The number of nitrogens with one attached hydrogen (secondary N) is 1. The molecule has 146 valence electrons. The number of carbonyl (C=O) groups is 1. The summed E-state index contributed by atoms with van der Waals surface area (Å²) in [4.78, 5) is 24.7. The van der Waals surface area contributed by atoms with Gasteiger partial charge in [-0.1, -0.05) is 11.8 Å². The Balaban J connectivity index is 1.51. The van der Waals surface area contributed by atoms with Gasteiger partial charge in [0.2, 0.25) is 11.6 Å². The van der Waals surface area contributed by atoms with Gasteiger partial charge in [0.15, 0.2) is 5.16 Å². The second-order valence-electron chi connectivity index (χ2n) is 5.97. The van der Waals surface area contributed by atoms with Crippen LogP contribution < -0.4 is 10.9 Å². The van der Waals surface area contributed by atoms with Crippen molar-refractivity contribution >= 4 is 29.0 Å². The van der Waals surface area contributed by atoms with Crippen LogP contribution in [0.15, 0.2) is 70.9 Å². The Morgan fingerprint density at radius 3 is 2.31 bits per heavy atom. The largest absolute Gasteiger partial charge is 0.325 e. The van der Waals surface area contributed by atoms with Gasteiger partial charge in [0.25, 0.3) is 0 Å². The number of amides is 1. The first-order valence-electron chi connectivity index (χ1n) is 8.42. The maximum atomic E-state index is 13.1. The molecule has 0 fully saturated rings. The van der Waals surface area contributed by atoms with Crippen LogP contribution in [0.5, 0.6) is 0 Å². The number of hydrogen-bond donors (Lipinski definition) is 1. The zero-order valence-corrected chi connectivity index (χ0v) is 15.6. The van der Waals surface area contributed by atoms with Gasteiger partial charge in [0.05, 0.1) is 5.75 Å². The Morgan fingerprint density at radius 2 is 1.62 bits per heavy atom. The molecule has 0 radical (unpaired) electrons. The van der Waals surface area contributed by atoms with Crippen molar-refractivity contribution in [1.82, 2.24) is 19.2 Å². The first kappa shape index (κ1) is 18.8. The third-order valence-corrected chi connectivity index (χ3v) is 4.95. The van der Waals surface area contributed by atoms with Gasteiger partial charge < -0.3 is 5.32 Å². The molecule has 0 saturated carbocycles. The van der Waals surface area contributed by atoms with Gasteiger partial charge in [-0.15, -0.1) is 10.2 Å². The lowest BCUT2D eigenvalue weighted by Crippen LogP contribution is -2.20. The van der Waals surface area contributed by atoms with E-state index in [9.17, 15) is 18.4 Å². The lowest BCUT2D eigenvalue weighted by molar-refractivity contribution is -0.113. The molecule has 0 aliphatic carbocycles. The predicted octanol–water partition coefficient (Wildman–Crippen LogP) is 2.89. The Labute approximate surface area is 167 Å². The minimum Gasteiger partial charge on any atom is -0.325 e. The number of carbonyl (C=O) groups excluding carboxylic acids is 1. The molecule has 4 rings (SSSR count). The predicted molar refractivity (Wildman–Crippen MR) is 104 cm³/mol. The number of thioether (sulfide) groups is 1. The zero-order chi connectivity index (χ0) is 20.4. The molecule has 29 heavy (non-hydrogen) atoms. The summed E-state index contributed by atoms with van der Waals surface area (Å²) in [6.07, 6.45) is 3.12. The van der Waals surface area contributed by atoms with E-state index in [0.29, 0.717) is 16.5 Å². The van der Waals surface area contributed by atoms with Crippen molar-refractivity contribution in [2.75, 3.05) is 11.1 Å². The number of hydrogen-bond acceptors (Lipinski definition) is 5. The molecule has 0 saturated heterocycles. The van der Waals surface area contributed by atoms with Gasteiger partial charge in [-0.25, -0.2) is 8.78 Å². The second-order valence-corrected chi connectivity index (χ2v) is 6.91. The first-order chi connectivity index (χ1) is 14.0. The van der Waals surface area contributed by atoms with E-state index in [1.165, 1.54) is 63.7 Å². The quantitative estimate of drug-likeness (QED) is 0.509. The SMILES string of the molecule is O=C(CSc1nnc2c(=O)n(-c3ccc(F)cc3)ccn12)Nc1ccc(F)cc1. The summed E-state index contributed by atoms with van der Waals surface area (Å²) in [5.41, 5.74) is 0.632. The molecule has 1 amide bonds. The maximum Gasteiger partial charge on any atom is 0.300 e. The van der Waals surface area contributed by atoms with E-state index in [2.05, 4.69) is 15.5 Å². The molecule has 1 N–H and O–H groups in total. The van der Waals surface area contributed by atoms with E-state index < -0.39 is 17.2 Å². The highest BCUT2D eigenvalue weighted by Gasteiger charge is 2.13. The molecule has 0 aliphatic heterocycles. The molecular weight excluding hydrogens is 400 g/mol. The van der Waals surface area contributed by atoms with Crippen molar-refractivity contribution in [2.45, 2.75) is 5.16 Å². The van der Waals surface area contributed by atoms with Crippen LogP contribution in [-0.4, -0.2) is 30.8 Å². The molecule has 10 heteroatoms. The molecule has 7 nitrogen and oxygen atoms in total. The normalized spacial score (nSPS) is 11.0. The molecule has 0 spiro atoms. The summed E-state index contributed by atoms with van der Waals surface area (Å²) in [6.45, 7) is 0. The standard InChI is InChI=1S/C19H13F2N5O2S/c20-12-1-5-14(6-2-12)22-16(27)11-29-19-24-23-17-18(28)25(9-10-26(17)19)15-7-3-13(21)4-8-15/h1-10H,11H2,(H,22,27). The van der Waals surface area contributed by atoms with Gasteiger partial charge in [-0.3, -0.25) is 18.6 Å². The first-order valence-corrected chi connectivity index (χ1v) is 9.40. The molecule has 2 heterocycles. The highest BCUT2D eigenvalue weighted by atomic mass is 32.2. The fourth-order valence-electron chi connectivity index (χ4n) is 2.63. The number of nitrogens with zero attached hydrogens (tertiary/aromatic N) is 4. The molecule has 4 aromatic rings. The van der Waals surface area contributed by atoms with E-state index >= 15 is 0 Å². The third-order valence-electron chi connectivity index (χ3n) is 4.00. The van der Waals surface area contributed by atoms with Crippen LogP contribution in [0.25, 0.3) is 11.3 Å². The highest BCUT2D eigenvalue weighted by Crippen LogP contribution is 2.17. The van der Waals surface area contributed by atoms with Crippen molar-refractivity contribution in [3.63, 3.8) is 0 Å². The topological polar surface area (TPSA) is 81.3 Å². The van der Waals surface area contributed by atoms with Crippen LogP contribution in [-0.2, 0) is 4.79 Å². The minimum atomic E-state index is -0.422. The lowest BCUT2D eigenvalue weighted by atomic mass is 10.3. The number of fused-ring (bicyclic) bond motifs is 1. The zero-order valence-electron chi connectivity index (χ0n) is 14.8. The molecule has 0 bridgehead atoms. The van der Waals surface area contributed by atoms with Gasteiger partial charge in [-0.2, -0.15) is 0 Å². The van der Waals surface area contributed by atoms with E-state index in [1.54, 1.807) is 6.20 Å². The van der Waals surface area contributed by atoms with Gasteiger partial charge in [0.1, 0.15) is 11.6 Å². The monoisotopic (exact) mass is 413 g/mol. The highest BCUT2D eigenvalue weighted by molar-refractivity contribution is 7.99. The summed E-state index contributed by atoms with van der Waals surface area (Å²) in [5.74, 6) is -1.07. The van der Waals surface area contributed by atoms with Crippen molar-refractivity contribution in [1.29, 1.82) is 0 Å². The molecule has 0 unspecified atom stereocenters. The lowest BCUT2D eigenvalue weighted by Gasteiger charge is -2.06. The van der Waals surface area contributed by atoms with E-state index in [0.717, 1.165) is 11.8 Å². The number of aromatic nitrogens is 4. The van der Waals surface area contributed by atoms with E-state index in [1.807, 2.05) is 0 Å². The smallest absolute Gasteiger partial charge is 0.300 e. The number of anilines is 1. The number of halogens is 2. The summed E-state index contributed by atoms with van der Waals surface area (Å²) in [5, 5.41) is 10.9. The second kappa shape index (κ2) is 7.84. The van der Waals surface area contributed by atoms with Crippen LogP contribution in [0.2, 0.25) is 0 Å². The van der Waals surface area contributed by atoms with Crippen molar-refractivity contribution in [3.8, 4) is 5.69 Å². The number of rotatable bonds is 5. The average Bonchev–Trinajstić information content (AvgIpc) is 3.13. The van der Waals surface area contributed by atoms with Crippen LogP contribution in [0.3, 0.4) is 0 Å². The molecular formula is C19H13F2N5O2S. The third kappa shape index (κ3) is 4.02. The van der Waals surface area contributed by atoms with Gasteiger partial charge in [-0.05, 0) is 48.5 Å². The summed E-state index contributed by atoms with van der Waals surface area (Å²) in [7, 11) is 0. The summed E-state index contributed by atoms with van der Waals surface area (Å²) < 4.78 is 28.8. The number of benzene rings is 2. The fraction of sp³-hybridized carbons (Fsp3) is 0.0526. The van der Waals surface area contributed by atoms with Crippen LogP contribution >= 0.6 is 11.8 Å². The van der Waals surface area contributed by atoms with Crippen molar-refractivity contribution in [2.24, 2.45) is 0 Å². The molecule has 0 aliphatic rings. The van der Waals surface area contributed by atoms with Crippen molar-refractivity contribution in [3.05, 3.63) is 82.9 Å². The van der Waals surface area contributed by atoms with Crippen LogP contribution in [0.1, 0.15) is 0 Å². The van der Waals surface area contributed by atoms with Crippen LogP contribution in [0, 0.1) is 11.6 Å². The van der Waals surface area contributed by atoms with E-state index in [4.69, 9.17) is 0 Å². The van der Waals surface area contributed by atoms with E-state index in [-0.39, 0.29) is 17.3 Å². The van der Waals surface area contributed by atoms with Gasteiger partial charge >= 0.3 is 5.56 Å². The average molecular weight is 413 g/mol. The minimum absolute atomic E-state index is 0.0270. The fourth-order valence-corrected chi connectivity index (χ4v) is 3.35. The molecule has 2 aromatic heterocycles. The van der Waals surface area contributed by atoms with Crippen molar-refractivity contribution < 1.29 is 13.6 Å². The Bertz CT molecular complexity index is 1240. The summed E-state index contributed by atoms with van der Waals surface area (Å²) in [6, 6.07) is 10.9. The Morgan fingerprint density at radius 1 is 0.966 bits per heavy atom. The maximum absolute atomic E-state index is 13.1. The van der Waals surface area contributed by atoms with Gasteiger partial charge in [0, 0.05) is 23.8 Å². The van der Waals surface area contributed by atoms with Crippen LogP contribution in [0.4, 0.5) is 14.5 Å². The molecule has 2 aromatic carbocycles. The summed E-state index contributed by atoms with van der Waals surface area (Å²) >= 11 is 1.10.